The van der Waals surface area contributed by atoms with Gasteiger partial charge in [-0.05, 0) is 18.9 Å². The molecule has 0 atom stereocenters. The third-order valence-corrected chi connectivity index (χ3v) is 3.16. The number of hydrogen-bond acceptors (Lipinski definition) is 4. The third kappa shape index (κ3) is 3.78. The molecule has 0 unspecified atom stereocenters. The largest absolute Gasteiger partial charge is 0.493 e. The number of hydrogen-bond donors (Lipinski definition) is 0. The Balaban J connectivity index is 2.25. The van der Waals surface area contributed by atoms with Gasteiger partial charge in [-0.2, -0.15) is 0 Å². The summed E-state index contributed by atoms with van der Waals surface area (Å²) in [6, 6.07) is 3.64. The summed E-state index contributed by atoms with van der Waals surface area (Å²) in [7, 11) is 0. The van der Waals surface area contributed by atoms with Crippen LogP contribution in [0.25, 0.3) is 0 Å². The van der Waals surface area contributed by atoms with E-state index in [1.807, 2.05) is 12.1 Å². The predicted octanol–water partition coefficient (Wildman–Crippen LogP) is 3.96. The molecule has 0 saturated carbocycles. The minimum absolute atomic E-state index is 0.403. The summed E-state index contributed by atoms with van der Waals surface area (Å²) in [6.45, 7) is 6.55. The van der Waals surface area contributed by atoms with Crippen molar-refractivity contribution in [2.45, 2.75) is 33.0 Å². The Morgan fingerprint density at radius 3 is 2.25 bits per heavy atom. The average molecular weight is 301 g/mol. The maximum Gasteiger partial charge on any atom is 0.187 e. The predicted molar refractivity (Wildman–Crippen MR) is 77.7 cm³/mol. The first-order valence-corrected chi connectivity index (χ1v) is 7.46. The summed E-state index contributed by atoms with van der Waals surface area (Å²) in [5, 5.41) is 0.552. The van der Waals surface area contributed by atoms with E-state index in [2.05, 4.69) is 13.8 Å². The lowest BCUT2D eigenvalue weighted by Gasteiger charge is -2.18. The van der Waals surface area contributed by atoms with Gasteiger partial charge in [0.2, 0.25) is 0 Å². The highest BCUT2D eigenvalue weighted by Crippen LogP contribution is 2.38. The normalized spacial score (nSPS) is 15.6. The summed E-state index contributed by atoms with van der Waals surface area (Å²) in [5.41, 5.74) is 0.824. The molecule has 5 heteroatoms. The zero-order valence-electron chi connectivity index (χ0n) is 12.0. The van der Waals surface area contributed by atoms with Crippen molar-refractivity contribution in [1.29, 1.82) is 0 Å². The van der Waals surface area contributed by atoms with Crippen LogP contribution in [-0.2, 0) is 9.47 Å². The molecule has 4 nitrogen and oxygen atoms in total. The van der Waals surface area contributed by atoms with E-state index in [9.17, 15) is 0 Å². The van der Waals surface area contributed by atoms with Gasteiger partial charge in [0.1, 0.15) is 11.5 Å². The van der Waals surface area contributed by atoms with Gasteiger partial charge in [-0.15, -0.1) is 0 Å². The number of rotatable bonds is 7. The van der Waals surface area contributed by atoms with Crippen molar-refractivity contribution in [3.05, 3.63) is 22.7 Å². The lowest BCUT2D eigenvalue weighted by atomic mass is 10.1. The fraction of sp³-hybridized carbons (Fsp3) is 0.600. The van der Waals surface area contributed by atoms with Crippen molar-refractivity contribution in [3.8, 4) is 11.5 Å². The lowest BCUT2D eigenvalue weighted by Crippen LogP contribution is -2.06. The van der Waals surface area contributed by atoms with E-state index in [1.165, 1.54) is 0 Å². The topological polar surface area (TPSA) is 36.9 Å². The first-order valence-electron chi connectivity index (χ1n) is 7.08. The van der Waals surface area contributed by atoms with Crippen LogP contribution in [0.15, 0.2) is 12.1 Å². The van der Waals surface area contributed by atoms with E-state index in [0.717, 1.165) is 18.4 Å². The molecule has 1 saturated heterocycles. The molecule has 1 aliphatic heterocycles. The third-order valence-electron chi connectivity index (χ3n) is 2.86. The van der Waals surface area contributed by atoms with Gasteiger partial charge in [0, 0.05) is 6.07 Å². The molecule has 0 aliphatic carbocycles. The molecular weight excluding hydrogens is 280 g/mol. The van der Waals surface area contributed by atoms with E-state index in [4.69, 9.17) is 30.5 Å². The average Bonchev–Trinajstić information content (AvgIpc) is 2.98. The maximum absolute atomic E-state index is 6.26. The summed E-state index contributed by atoms with van der Waals surface area (Å²) in [6.07, 6.45) is 1.46. The Labute approximate surface area is 124 Å². The van der Waals surface area contributed by atoms with Crippen molar-refractivity contribution in [2.75, 3.05) is 26.4 Å². The van der Waals surface area contributed by atoms with Crippen LogP contribution < -0.4 is 9.47 Å². The van der Waals surface area contributed by atoms with E-state index in [0.29, 0.717) is 42.9 Å². The van der Waals surface area contributed by atoms with E-state index < -0.39 is 6.29 Å². The standard InChI is InChI=1S/C15H21ClO4/c1-3-5-17-13-10-14(18-6-4-2)12(16)9-11(13)15-19-7-8-20-15/h9-10,15H,3-8H2,1-2H3. The Morgan fingerprint density at radius 1 is 1.05 bits per heavy atom. The Morgan fingerprint density at radius 2 is 1.65 bits per heavy atom. The summed E-state index contributed by atoms with van der Waals surface area (Å²) in [5.74, 6) is 1.36. The Kier molecular flexibility index (Phi) is 5.95. The van der Waals surface area contributed by atoms with Crippen molar-refractivity contribution in [3.63, 3.8) is 0 Å². The molecule has 112 valence electrons. The second kappa shape index (κ2) is 7.72. The fourth-order valence-electron chi connectivity index (χ4n) is 1.93. The molecule has 0 bridgehead atoms. The van der Waals surface area contributed by atoms with Crippen LogP contribution in [0.2, 0.25) is 5.02 Å². The van der Waals surface area contributed by atoms with Crippen LogP contribution >= 0.6 is 11.6 Å². The van der Waals surface area contributed by atoms with Crippen LogP contribution in [0, 0.1) is 0 Å². The molecule has 0 N–H and O–H groups in total. The summed E-state index contributed by atoms with van der Waals surface area (Å²) in [4.78, 5) is 0. The summed E-state index contributed by atoms with van der Waals surface area (Å²) >= 11 is 6.26. The smallest absolute Gasteiger partial charge is 0.187 e. The van der Waals surface area contributed by atoms with Crippen molar-refractivity contribution in [1.82, 2.24) is 0 Å². The number of halogens is 1. The van der Waals surface area contributed by atoms with Gasteiger partial charge in [-0.3, -0.25) is 0 Å². The number of ether oxygens (including phenoxy) is 4. The monoisotopic (exact) mass is 300 g/mol. The van der Waals surface area contributed by atoms with Gasteiger partial charge in [0.05, 0.1) is 37.0 Å². The maximum atomic E-state index is 6.26. The van der Waals surface area contributed by atoms with Gasteiger partial charge >= 0.3 is 0 Å². The van der Waals surface area contributed by atoms with E-state index in [1.54, 1.807) is 0 Å². The Hall–Kier alpha value is -0.970. The van der Waals surface area contributed by atoms with Gasteiger partial charge in [-0.25, -0.2) is 0 Å². The van der Waals surface area contributed by atoms with Gasteiger partial charge in [-0.1, -0.05) is 25.4 Å². The number of benzene rings is 1. The van der Waals surface area contributed by atoms with Crippen molar-refractivity contribution < 1.29 is 18.9 Å². The van der Waals surface area contributed by atoms with Gasteiger partial charge in [0.25, 0.3) is 0 Å². The Bertz CT molecular complexity index is 430. The molecule has 20 heavy (non-hydrogen) atoms. The second-order valence-corrected chi connectivity index (χ2v) is 5.00. The van der Waals surface area contributed by atoms with Crippen LogP contribution in [0.1, 0.15) is 38.5 Å². The molecule has 1 aromatic carbocycles. The van der Waals surface area contributed by atoms with Crippen molar-refractivity contribution >= 4 is 11.6 Å². The SMILES string of the molecule is CCCOc1cc(OCCC)c(C2OCCO2)cc1Cl. The van der Waals surface area contributed by atoms with Crippen LogP contribution in [-0.4, -0.2) is 26.4 Å². The van der Waals surface area contributed by atoms with Crippen LogP contribution in [0.5, 0.6) is 11.5 Å². The van der Waals surface area contributed by atoms with Gasteiger partial charge in [0.15, 0.2) is 6.29 Å². The lowest BCUT2D eigenvalue weighted by molar-refractivity contribution is -0.0457. The van der Waals surface area contributed by atoms with Gasteiger partial charge < -0.3 is 18.9 Å². The molecule has 0 radical (unpaired) electrons. The minimum atomic E-state index is -0.403. The molecule has 1 fully saturated rings. The fourth-order valence-corrected chi connectivity index (χ4v) is 2.16. The molecule has 0 spiro atoms. The molecule has 2 rings (SSSR count). The first kappa shape index (κ1) is 15.4. The summed E-state index contributed by atoms with van der Waals surface area (Å²) < 4.78 is 22.5. The van der Waals surface area contributed by atoms with Crippen molar-refractivity contribution in [2.24, 2.45) is 0 Å². The minimum Gasteiger partial charge on any atom is -0.493 e. The molecule has 0 aromatic heterocycles. The highest BCUT2D eigenvalue weighted by molar-refractivity contribution is 6.32. The molecule has 0 amide bonds. The van der Waals surface area contributed by atoms with Crippen LogP contribution in [0.3, 0.4) is 0 Å². The highest BCUT2D eigenvalue weighted by Gasteiger charge is 2.24. The molecule has 1 aliphatic rings. The molecular formula is C15H21ClO4. The van der Waals surface area contributed by atoms with E-state index in [-0.39, 0.29) is 0 Å². The zero-order chi connectivity index (χ0) is 14.4. The van der Waals surface area contributed by atoms with Crippen LogP contribution in [0.4, 0.5) is 0 Å². The highest BCUT2D eigenvalue weighted by atomic mass is 35.5. The quantitative estimate of drug-likeness (QED) is 0.763. The second-order valence-electron chi connectivity index (χ2n) is 4.59. The molecule has 1 heterocycles. The zero-order valence-corrected chi connectivity index (χ0v) is 12.7. The molecule has 1 aromatic rings. The first-order chi connectivity index (χ1) is 9.76. The van der Waals surface area contributed by atoms with E-state index >= 15 is 0 Å².